The van der Waals surface area contributed by atoms with Crippen molar-refractivity contribution in [1.82, 2.24) is 0 Å². The monoisotopic (exact) mass is 1360 g/mol. The molecular weight excluding hydrogens is 1310 g/mol. The van der Waals surface area contributed by atoms with Crippen molar-refractivity contribution in [2.24, 2.45) is 0 Å². The van der Waals surface area contributed by atoms with Crippen LogP contribution in [0.4, 0.5) is 37.6 Å². The number of rotatable bonds is 14. The van der Waals surface area contributed by atoms with E-state index in [9.17, 15) is 60.7 Å². The standard InChI is InChI=1S/C17H14FNO4S.2C16H12FNO4S.C9H7NO4S.C7H5FO/c1-19(9-10-4-3-5-11(18)6-10)15-8-13-14(24-15)7-12(16(20)22-2)17(21)23-13;1-21-15(19)11-6-13-12(22-16(11)20)7-14(23-13)18-8-9-3-2-4-10(17)5-9;1-18(8-9-3-2-4-10(17)5-9)14-7-12-13(23-14)6-11(15(19)20)16(21)22-12;1-13-8(11)4-2-6-5(14-9(4)12)3-7(10)15-6;8-7-3-1-2-6(4-7)5-9/h3-8H,9H2,1-2H3;2-7,18H,8H2,1H3;2-7H,8H2,1H3,(H,19,20);2-3H,10H2,1H3;1-5H. The van der Waals surface area contributed by atoms with Crippen LogP contribution in [0, 0.1) is 23.3 Å². The van der Waals surface area contributed by atoms with Gasteiger partial charge in [0.05, 0.1) is 60.1 Å². The molecule has 0 saturated carbocycles. The topological polar surface area (TPSA) is 299 Å². The van der Waals surface area contributed by atoms with Gasteiger partial charge in [0.15, 0.2) is 22.3 Å². The summed E-state index contributed by atoms with van der Waals surface area (Å²) in [6.07, 6.45) is 0.614. The second-order valence-electron chi connectivity index (χ2n) is 19.5. The molecule has 0 bridgehead atoms. The largest absolute Gasteiger partial charge is 0.477 e. The van der Waals surface area contributed by atoms with Crippen molar-refractivity contribution in [2.45, 2.75) is 19.6 Å². The van der Waals surface area contributed by atoms with E-state index in [0.717, 1.165) is 31.7 Å². The number of aromatic carboxylic acids is 1. The van der Waals surface area contributed by atoms with Gasteiger partial charge in [0.25, 0.3) is 0 Å². The van der Waals surface area contributed by atoms with E-state index in [-0.39, 0.29) is 40.0 Å². The molecule has 0 spiro atoms. The van der Waals surface area contributed by atoms with Crippen LogP contribution in [0.5, 0.6) is 0 Å². The van der Waals surface area contributed by atoms with Gasteiger partial charge < -0.3 is 57.8 Å². The number of nitrogen functional groups attached to an aromatic ring is 1. The molecule has 0 saturated heterocycles. The Morgan fingerprint density at radius 2 is 0.851 bits per heavy atom. The first kappa shape index (κ1) is 68.9. The van der Waals surface area contributed by atoms with E-state index in [1.54, 1.807) is 54.6 Å². The lowest BCUT2D eigenvalue weighted by Crippen LogP contribution is -2.15. The van der Waals surface area contributed by atoms with E-state index in [1.165, 1.54) is 146 Å². The summed E-state index contributed by atoms with van der Waals surface area (Å²) in [5.41, 5.74) is 6.00. The van der Waals surface area contributed by atoms with Crippen molar-refractivity contribution in [2.75, 3.05) is 56.3 Å². The molecule has 8 heterocycles. The average molecular weight is 1360 g/mol. The maximum Gasteiger partial charge on any atom is 0.351 e. The molecule has 0 amide bonds. The Kier molecular flexibility index (Phi) is 23.0. The van der Waals surface area contributed by atoms with Gasteiger partial charge in [-0.15, -0.1) is 45.3 Å². The van der Waals surface area contributed by atoms with E-state index in [2.05, 4.69) is 19.5 Å². The Bertz CT molecular complexity index is 5030. The van der Waals surface area contributed by atoms with Crippen LogP contribution in [0.15, 0.2) is 182 Å². The Labute approximate surface area is 543 Å². The summed E-state index contributed by atoms with van der Waals surface area (Å²) in [6.45, 7) is 1.40. The minimum atomic E-state index is -1.32. The van der Waals surface area contributed by atoms with Gasteiger partial charge in [-0.05, 0) is 89.5 Å². The molecule has 0 aliphatic heterocycles. The lowest BCUT2D eigenvalue weighted by molar-refractivity contribution is 0.0587. The fourth-order valence-corrected chi connectivity index (χ4v) is 12.1. The molecule has 8 aromatic heterocycles. The summed E-state index contributed by atoms with van der Waals surface area (Å²) in [7, 11) is 7.29. The van der Waals surface area contributed by atoms with Crippen molar-refractivity contribution < 1.29 is 78.5 Å². The third-order valence-corrected chi connectivity index (χ3v) is 17.1. The molecule has 4 aromatic carbocycles. The van der Waals surface area contributed by atoms with Crippen LogP contribution >= 0.6 is 45.3 Å². The smallest absolute Gasteiger partial charge is 0.351 e. The molecule has 12 aromatic rings. The highest BCUT2D eigenvalue weighted by atomic mass is 32.1. The Morgan fingerprint density at radius 3 is 1.26 bits per heavy atom. The number of hydrogen-bond donors (Lipinski definition) is 3. The van der Waals surface area contributed by atoms with Crippen molar-refractivity contribution >= 4 is 137 Å². The molecule has 0 radical (unpaired) electrons. The number of carbonyl (C=O) groups excluding carboxylic acids is 4. The number of ether oxygens (including phenoxy) is 3. The molecule has 0 atom stereocenters. The molecule has 484 valence electrons. The maximum atomic E-state index is 13.3. The predicted octanol–water partition coefficient (Wildman–Crippen LogP) is 13.0. The average Bonchev–Trinajstić information content (AvgIpc) is 1.69. The number of carbonyl (C=O) groups is 5. The molecule has 0 fully saturated rings. The number of anilines is 4. The lowest BCUT2D eigenvalue weighted by Gasteiger charge is -2.16. The first-order valence-electron chi connectivity index (χ1n) is 27.1. The number of benzene rings is 4. The number of fused-ring (bicyclic) bond motifs is 4. The molecule has 94 heavy (non-hydrogen) atoms. The third kappa shape index (κ3) is 17.9. The number of halogens is 4. The summed E-state index contributed by atoms with van der Waals surface area (Å²) >= 11 is 5.24. The van der Waals surface area contributed by atoms with E-state index < -0.39 is 51.9 Å². The molecule has 0 aliphatic carbocycles. The van der Waals surface area contributed by atoms with Crippen molar-refractivity contribution in [3.8, 4) is 0 Å². The number of nitrogens with zero attached hydrogens (tertiary/aromatic N) is 2. The van der Waals surface area contributed by atoms with Crippen LogP contribution in [-0.4, -0.2) is 70.7 Å². The van der Waals surface area contributed by atoms with Gasteiger partial charge in [0, 0.05) is 63.6 Å². The van der Waals surface area contributed by atoms with E-state index >= 15 is 0 Å². The predicted molar refractivity (Wildman–Crippen MR) is 349 cm³/mol. The Hall–Kier alpha value is -11.0. The molecule has 4 N–H and O–H groups in total. The summed E-state index contributed by atoms with van der Waals surface area (Å²) < 4.78 is 88.2. The van der Waals surface area contributed by atoms with Crippen LogP contribution in [-0.2, 0) is 33.8 Å². The number of thiophene rings is 4. The number of esters is 3. The first-order valence-corrected chi connectivity index (χ1v) is 30.3. The van der Waals surface area contributed by atoms with Crippen LogP contribution in [0.25, 0.3) is 41.1 Å². The van der Waals surface area contributed by atoms with Gasteiger partial charge >= 0.3 is 46.4 Å². The van der Waals surface area contributed by atoms with Crippen LogP contribution in [0.1, 0.15) is 68.5 Å². The highest BCUT2D eigenvalue weighted by molar-refractivity contribution is 7.23. The summed E-state index contributed by atoms with van der Waals surface area (Å²) in [5.74, 6) is -4.75. The number of nitrogens with one attached hydrogen (secondary N) is 1. The summed E-state index contributed by atoms with van der Waals surface area (Å²) in [5, 5.41) is 15.0. The Morgan fingerprint density at radius 1 is 0.489 bits per heavy atom. The minimum Gasteiger partial charge on any atom is -0.477 e. The number of carboxylic acid groups (broad SMARTS) is 1. The van der Waals surface area contributed by atoms with Gasteiger partial charge in [-0.3, -0.25) is 4.79 Å². The molecule has 0 unspecified atom stereocenters. The number of aldehydes is 1. The van der Waals surface area contributed by atoms with E-state index in [1.807, 2.05) is 36.0 Å². The maximum absolute atomic E-state index is 13.3. The third-order valence-electron chi connectivity index (χ3n) is 12.8. The SMILES string of the molecule is CN(Cc1cccc(F)c1)c1cc2oc(=O)c(C(=O)O)cc2s1.COC(=O)c1cc2sc(N(C)Cc3cccc(F)c3)cc2oc1=O.COC(=O)c1cc2sc(N)cc2oc1=O.COC(=O)c1cc2sc(NCc3cccc(F)c3)cc2oc1=O.O=Cc1cccc(F)c1. The van der Waals surface area contributed by atoms with Crippen LogP contribution in [0.3, 0.4) is 0 Å². The number of methoxy groups -OCH3 is 3. The number of nitrogens with two attached hydrogens (primary N) is 1. The molecular formula is C65H50F4N4O17S4. The molecule has 21 nitrogen and oxygen atoms in total. The van der Waals surface area contributed by atoms with Gasteiger partial charge in [-0.2, -0.15) is 0 Å². The zero-order valence-electron chi connectivity index (χ0n) is 49.7. The number of carboxylic acids is 1. The molecule has 12 rings (SSSR count). The Balaban J connectivity index is 0.000000155. The fraction of sp³-hybridized carbons (Fsp3) is 0.123. The van der Waals surface area contributed by atoms with Gasteiger partial charge in [-0.25, -0.2) is 55.9 Å². The first-order chi connectivity index (χ1) is 44.9. The lowest BCUT2D eigenvalue weighted by atomic mass is 10.2. The minimum absolute atomic E-state index is 0.119. The summed E-state index contributed by atoms with van der Waals surface area (Å²) in [6, 6.07) is 36.7. The number of hydrogen-bond acceptors (Lipinski definition) is 24. The van der Waals surface area contributed by atoms with Crippen LogP contribution < -0.4 is 43.4 Å². The van der Waals surface area contributed by atoms with Gasteiger partial charge in [0.1, 0.15) is 51.8 Å². The van der Waals surface area contributed by atoms with Gasteiger partial charge in [0.2, 0.25) is 0 Å². The van der Waals surface area contributed by atoms with Crippen LogP contribution in [0.2, 0.25) is 0 Å². The summed E-state index contributed by atoms with van der Waals surface area (Å²) in [4.78, 5) is 105. The quantitative estimate of drug-likeness (QED) is 0.0394. The van der Waals surface area contributed by atoms with E-state index in [4.69, 9.17) is 28.5 Å². The zero-order chi connectivity index (χ0) is 67.9. The second-order valence-corrected chi connectivity index (χ2v) is 23.9. The van der Waals surface area contributed by atoms with Crippen molar-refractivity contribution in [3.63, 3.8) is 0 Å². The fourth-order valence-electron chi connectivity index (χ4n) is 8.41. The van der Waals surface area contributed by atoms with Crippen molar-refractivity contribution in [3.05, 3.63) is 255 Å². The second kappa shape index (κ2) is 31.3. The van der Waals surface area contributed by atoms with E-state index in [0.29, 0.717) is 77.6 Å². The molecule has 0 aliphatic rings. The highest BCUT2D eigenvalue weighted by Crippen LogP contribution is 2.35. The molecule has 29 heteroatoms. The normalized spacial score (nSPS) is 10.6. The zero-order valence-corrected chi connectivity index (χ0v) is 52.9. The van der Waals surface area contributed by atoms with Crippen molar-refractivity contribution in [1.29, 1.82) is 0 Å². The highest BCUT2D eigenvalue weighted by Gasteiger charge is 2.20. The van der Waals surface area contributed by atoms with Gasteiger partial charge in [-0.1, -0.05) is 48.5 Å².